The van der Waals surface area contributed by atoms with Crippen LogP contribution in [-0.4, -0.2) is 12.6 Å². The third-order valence-electron chi connectivity index (χ3n) is 2.82. The topological polar surface area (TPSA) is 52.3 Å². The van der Waals surface area contributed by atoms with E-state index in [-0.39, 0.29) is 5.97 Å². The lowest BCUT2D eigenvalue weighted by atomic mass is 10.1. The summed E-state index contributed by atoms with van der Waals surface area (Å²) < 4.78 is 5.22. The molecule has 0 unspecified atom stereocenters. The second-order valence-corrected chi connectivity index (χ2v) is 4.68. The molecule has 0 bridgehead atoms. The number of unbranched alkanes of at least 4 members (excludes halogenated alkanes) is 4. The Hall–Kier alpha value is -1.51. The Morgan fingerprint density at radius 3 is 2.56 bits per heavy atom. The molecule has 100 valence electrons. The lowest BCUT2D eigenvalue weighted by Gasteiger charge is -2.06. The van der Waals surface area contributed by atoms with Gasteiger partial charge in [-0.3, -0.25) is 0 Å². The quantitative estimate of drug-likeness (QED) is 0.455. The average Bonchev–Trinajstić information content (AvgIpc) is 2.32. The van der Waals surface area contributed by atoms with Crippen molar-refractivity contribution < 1.29 is 9.53 Å². The number of carbonyl (C=O) groups is 1. The van der Waals surface area contributed by atoms with Crippen LogP contribution in [0.1, 0.15) is 54.9 Å². The average molecular weight is 249 g/mol. The minimum absolute atomic E-state index is 0.277. The molecule has 3 nitrogen and oxygen atoms in total. The summed E-state index contributed by atoms with van der Waals surface area (Å²) in [4.78, 5) is 11.8. The standard InChI is InChI=1S/C15H23NO2/c1-3-4-5-6-7-8-18-15(17)13-9-12(2)10-14(16)11-13/h9-11H,3-8,16H2,1-2H3. The Balaban J connectivity index is 2.32. The van der Waals surface area contributed by atoms with E-state index in [1.165, 1.54) is 19.3 Å². The summed E-state index contributed by atoms with van der Waals surface area (Å²) in [6.45, 7) is 4.59. The summed E-state index contributed by atoms with van der Waals surface area (Å²) in [5.41, 5.74) is 7.82. The third kappa shape index (κ3) is 5.21. The first-order chi connectivity index (χ1) is 8.63. The van der Waals surface area contributed by atoms with E-state index in [9.17, 15) is 4.79 Å². The number of esters is 1. The first kappa shape index (κ1) is 14.6. The van der Waals surface area contributed by atoms with Crippen LogP contribution in [0.25, 0.3) is 0 Å². The Kier molecular flexibility index (Phi) is 6.26. The molecule has 1 aromatic rings. The van der Waals surface area contributed by atoms with E-state index in [0.717, 1.165) is 18.4 Å². The van der Waals surface area contributed by atoms with E-state index in [2.05, 4.69) is 6.92 Å². The number of aryl methyl sites for hydroxylation is 1. The SMILES string of the molecule is CCCCCCCOC(=O)c1cc(C)cc(N)c1. The predicted octanol–water partition coefficient (Wildman–Crippen LogP) is 3.70. The summed E-state index contributed by atoms with van der Waals surface area (Å²) >= 11 is 0. The molecule has 0 aliphatic rings. The second kappa shape index (κ2) is 7.75. The number of anilines is 1. The zero-order chi connectivity index (χ0) is 13.4. The van der Waals surface area contributed by atoms with Crippen molar-refractivity contribution >= 4 is 11.7 Å². The van der Waals surface area contributed by atoms with E-state index in [1.54, 1.807) is 12.1 Å². The van der Waals surface area contributed by atoms with Gasteiger partial charge in [0.2, 0.25) is 0 Å². The van der Waals surface area contributed by atoms with Gasteiger partial charge in [-0.1, -0.05) is 32.6 Å². The van der Waals surface area contributed by atoms with Crippen molar-refractivity contribution in [2.45, 2.75) is 46.0 Å². The summed E-state index contributed by atoms with van der Waals surface area (Å²) in [6, 6.07) is 5.30. The zero-order valence-electron chi connectivity index (χ0n) is 11.4. The minimum atomic E-state index is -0.277. The number of nitrogen functional groups attached to an aromatic ring is 1. The maximum Gasteiger partial charge on any atom is 0.338 e. The van der Waals surface area contributed by atoms with Gasteiger partial charge in [0.1, 0.15) is 0 Å². The first-order valence-electron chi connectivity index (χ1n) is 6.67. The number of rotatable bonds is 7. The molecule has 0 spiro atoms. The lowest BCUT2D eigenvalue weighted by molar-refractivity contribution is 0.0497. The highest BCUT2D eigenvalue weighted by Crippen LogP contribution is 2.12. The number of nitrogens with two attached hydrogens (primary N) is 1. The Morgan fingerprint density at radius 1 is 1.17 bits per heavy atom. The Labute approximate surface area is 109 Å². The van der Waals surface area contributed by atoms with E-state index in [0.29, 0.717) is 17.9 Å². The maximum atomic E-state index is 11.8. The van der Waals surface area contributed by atoms with Crippen LogP contribution in [0.3, 0.4) is 0 Å². The number of hydrogen-bond acceptors (Lipinski definition) is 3. The Bertz CT molecular complexity index is 368. The Morgan fingerprint density at radius 2 is 1.89 bits per heavy atom. The molecule has 0 saturated carbocycles. The first-order valence-corrected chi connectivity index (χ1v) is 6.67. The van der Waals surface area contributed by atoms with Crippen LogP contribution in [0.4, 0.5) is 5.69 Å². The second-order valence-electron chi connectivity index (χ2n) is 4.68. The van der Waals surface area contributed by atoms with Crippen LogP contribution in [0.2, 0.25) is 0 Å². The van der Waals surface area contributed by atoms with Crippen LogP contribution in [-0.2, 0) is 4.74 Å². The fraction of sp³-hybridized carbons (Fsp3) is 0.533. The molecule has 0 aromatic heterocycles. The lowest BCUT2D eigenvalue weighted by Crippen LogP contribution is -2.07. The third-order valence-corrected chi connectivity index (χ3v) is 2.82. The molecule has 0 heterocycles. The van der Waals surface area contributed by atoms with Crippen molar-refractivity contribution in [3.05, 3.63) is 29.3 Å². The van der Waals surface area contributed by atoms with Gasteiger partial charge in [0.25, 0.3) is 0 Å². The molecule has 0 saturated heterocycles. The zero-order valence-corrected chi connectivity index (χ0v) is 11.4. The van der Waals surface area contributed by atoms with Gasteiger partial charge in [0, 0.05) is 5.69 Å². The van der Waals surface area contributed by atoms with Gasteiger partial charge in [-0.05, 0) is 37.1 Å². The van der Waals surface area contributed by atoms with Gasteiger partial charge >= 0.3 is 5.97 Å². The molecular formula is C15H23NO2. The molecule has 0 amide bonds. The van der Waals surface area contributed by atoms with Gasteiger partial charge in [0.15, 0.2) is 0 Å². The van der Waals surface area contributed by atoms with Crippen molar-refractivity contribution in [1.29, 1.82) is 0 Å². The predicted molar refractivity (Wildman–Crippen MR) is 74.6 cm³/mol. The highest BCUT2D eigenvalue weighted by molar-refractivity contribution is 5.90. The molecule has 18 heavy (non-hydrogen) atoms. The van der Waals surface area contributed by atoms with Crippen molar-refractivity contribution in [2.75, 3.05) is 12.3 Å². The monoisotopic (exact) mass is 249 g/mol. The molecule has 0 atom stereocenters. The van der Waals surface area contributed by atoms with Crippen LogP contribution in [0.15, 0.2) is 18.2 Å². The fourth-order valence-corrected chi connectivity index (χ4v) is 1.88. The van der Waals surface area contributed by atoms with Crippen LogP contribution in [0, 0.1) is 6.92 Å². The summed E-state index contributed by atoms with van der Waals surface area (Å²) in [7, 11) is 0. The van der Waals surface area contributed by atoms with Gasteiger partial charge in [-0.2, -0.15) is 0 Å². The van der Waals surface area contributed by atoms with Crippen molar-refractivity contribution in [2.24, 2.45) is 0 Å². The molecule has 0 radical (unpaired) electrons. The molecule has 0 fully saturated rings. The molecule has 0 aliphatic carbocycles. The summed E-state index contributed by atoms with van der Waals surface area (Å²) in [6.07, 6.45) is 5.75. The smallest absolute Gasteiger partial charge is 0.338 e. The molecule has 1 aromatic carbocycles. The van der Waals surface area contributed by atoms with Crippen molar-refractivity contribution in [3.8, 4) is 0 Å². The van der Waals surface area contributed by atoms with Crippen LogP contribution < -0.4 is 5.73 Å². The number of carbonyl (C=O) groups excluding carboxylic acids is 1. The van der Waals surface area contributed by atoms with Crippen LogP contribution >= 0.6 is 0 Å². The molecule has 2 N–H and O–H groups in total. The van der Waals surface area contributed by atoms with Gasteiger partial charge < -0.3 is 10.5 Å². The van der Waals surface area contributed by atoms with Gasteiger partial charge in [0.05, 0.1) is 12.2 Å². The van der Waals surface area contributed by atoms with E-state index < -0.39 is 0 Å². The van der Waals surface area contributed by atoms with E-state index in [1.807, 2.05) is 13.0 Å². The molecule has 1 rings (SSSR count). The van der Waals surface area contributed by atoms with E-state index in [4.69, 9.17) is 10.5 Å². The highest BCUT2D eigenvalue weighted by atomic mass is 16.5. The fourth-order valence-electron chi connectivity index (χ4n) is 1.88. The van der Waals surface area contributed by atoms with Gasteiger partial charge in [-0.25, -0.2) is 4.79 Å². The van der Waals surface area contributed by atoms with E-state index >= 15 is 0 Å². The molecule has 3 heteroatoms. The van der Waals surface area contributed by atoms with Crippen LogP contribution in [0.5, 0.6) is 0 Å². The largest absolute Gasteiger partial charge is 0.462 e. The summed E-state index contributed by atoms with van der Waals surface area (Å²) in [5.74, 6) is -0.277. The minimum Gasteiger partial charge on any atom is -0.462 e. The number of benzene rings is 1. The molecule has 0 aliphatic heterocycles. The summed E-state index contributed by atoms with van der Waals surface area (Å²) in [5, 5.41) is 0. The maximum absolute atomic E-state index is 11.8. The number of hydrogen-bond donors (Lipinski definition) is 1. The normalized spacial score (nSPS) is 10.3. The number of ether oxygens (including phenoxy) is 1. The van der Waals surface area contributed by atoms with Crippen molar-refractivity contribution in [3.63, 3.8) is 0 Å². The van der Waals surface area contributed by atoms with Gasteiger partial charge in [-0.15, -0.1) is 0 Å². The van der Waals surface area contributed by atoms with Crippen molar-refractivity contribution in [1.82, 2.24) is 0 Å². The molecular weight excluding hydrogens is 226 g/mol. The highest BCUT2D eigenvalue weighted by Gasteiger charge is 2.07.